The van der Waals surface area contributed by atoms with Crippen LogP contribution in [0, 0.1) is 0 Å². The van der Waals surface area contributed by atoms with Gasteiger partial charge in [0.25, 0.3) is 5.91 Å². The summed E-state index contributed by atoms with van der Waals surface area (Å²) in [6.07, 6.45) is -0.527. The van der Waals surface area contributed by atoms with Crippen molar-refractivity contribution in [3.8, 4) is 0 Å². The van der Waals surface area contributed by atoms with Crippen molar-refractivity contribution in [2.45, 2.75) is 38.0 Å². The van der Waals surface area contributed by atoms with Crippen molar-refractivity contribution >= 4 is 22.7 Å². The summed E-state index contributed by atoms with van der Waals surface area (Å²) in [6, 6.07) is 21.8. The summed E-state index contributed by atoms with van der Waals surface area (Å²) in [6.45, 7) is 0.630. The lowest BCUT2D eigenvalue weighted by molar-refractivity contribution is -0.137. The number of benzene rings is 3. The Balaban J connectivity index is 1.35. The van der Waals surface area contributed by atoms with Gasteiger partial charge in [-0.3, -0.25) is 9.59 Å². The van der Waals surface area contributed by atoms with Crippen LogP contribution in [0.4, 0.5) is 13.2 Å². The van der Waals surface area contributed by atoms with Crippen LogP contribution in [0.1, 0.15) is 39.9 Å². The van der Waals surface area contributed by atoms with Crippen LogP contribution in [0.2, 0.25) is 0 Å². The smallest absolute Gasteiger partial charge is 0.361 e. The Hall–Kier alpha value is -4.07. The molecule has 1 aromatic heterocycles. The van der Waals surface area contributed by atoms with Crippen LogP contribution in [0.15, 0.2) is 85.1 Å². The maximum atomic E-state index is 13.6. The predicted octanol–water partition coefficient (Wildman–Crippen LogP) is 6.06. The van der Waals surface area contributed by atoms with Gasteiger partial charge >= 0.3 is 6.18 Å². The molecule has 1 heterocycles. The maximum absolute atomic E-state index is 13.6. The van der Waals surface area contributed by atoms with Crippen LogP contribution >= 0.6 is 0 Å². The lowest BCUT2D eigenvalue weighted by atomic mass is 10.1. The number of alkyl halides is 3. The monoisotopic (exact) mass is 519 g/mol. The minimum atomic E-state index is -4.55. The van der Waals surface area contributed by atoms with E-state index in [9.17, 15) is 22.8 Å². The van der Waals surface area contributed by atoms with Gasteiger partial charge in [0.05, 0.1) is 5.56 Å². The Morgan fingerprint density at radius 2 is 1.66 bits per heavy atom. The summed E-state index contributed by atoms with van der Waals surface area (Å²) >= 11 is 0. The van der Waals surface area contributed by atoms with Gasteiger partial charge in [-0.05, 0) is 54.7 Å². The number of carbonyl (C=O) groups is 2. The SMILES string of the molecule is O=C(CN(C(=O)c1cccc(C(F)(F)F)c1)C1CC1)N(CCc1c[nH]c2ccccc12)Cc1ccccc1. The average Bonchev–Trinajstić information content (AvgIpc) is 3.68. The maximum Gasteiger partial charge on any atom is 0.416 e. The zero-order valence-corrected chi connectivity index (χ0v) is 20.7. The largest absolute Gasteiger partial charge is 0.416 e. The highest BCUT2D eigenvalue weighted by Gasteiger charge is 2.36. The summed E-state index contributed by atoms with van der Waals surface area (Å²) in [7, 11) is 0. The highest BCUT2D eigenvalue weighted by Crippen LogP contribution is 2.32. The van der Waals surface area contributed by atoms with E-state index < -0.39 is 17.6 Å². The standard InChI is InChI=1S/C30H28F3N3O2/c31-30(32,33)24-10-6-9-22(17-24)29(38)36(25-13-14-25)20-28(37)35(19-21-7-2-1-3-8-21)16-15-23-18-34-27-12-5-4-11-26(23)27/h1-12,17-18,25,34H,13-16,19-20H2. The number of fused-ring (bicyclic) bond motifs is 1. The molecule has 1 N–H and O–H groups in total. The van der Waals surface area contributed by atoms with Crippen LogP contribution < -0.4 is 0 Å². The Bertz CT molecular complexity index is 1430. The molecule has 4 aromatic rings. The molecular weight excluding hydrogens is 491 g/mol. The number of aromatic amines is 1. The van der Waals surface area contributed by atoms with E-state index in [2.05, 4.69) is 4.98 Å². The Morgan fingerprint density at radius 1 is 0.921 bits per heavy atom. The fraction of sp³-hybridized carbons (Fsp3) is 0.267. The molecule has 1 fully saturated rings. The number of para-hydroxylation sites is 1. The number of rotatable bonds is 9. The summed E-state index contributed by atoms with van der Waals surface area (Å²) in [5.41, 5.74) is 2.13. The number of nitrogens with one attached hydrogen (secondary N) is 1. The molecule has 196 valence electrons. The molecule has 0 atom stereocenters. The quantitative estimate of drug-likeness (QED) is 0.292. The van der Waals surface area contributed by atoms with E-state index in [0.29, 0.717) is 19.5 Å². The summed E-state index contributed by atoms with van der Waals surface area (Å²) in [5.74, 6) is -0.788. The number of aromatic nitrogens is 1. The fourth-order valence-electron chi connectivity index (χ4n) is 4.68. The number of nitrogens with zero attached hydrogens (tertiary/aromatic N) is 2. The summed E-state index contributed by atoms with van der Waals surface area (Å²) in [4.78, 5) is 33.3. The van der Waals surface area contributed by atoms with E-state index in [-0.39, 0.29) is 24.1 Å². The van der Waals surface area contributed by atoms with Gasteiger partial charge in [0.2, 0.25) is 5.91 Å². The van der Waals surface area contributed by atoms with Crippen molar-refractivity contribution in [2.75, 3.05) is 13.1 Å². The molecule has 2 amide bonds. The van der Waals surface area contributed by atoms with Crippen molar-refractivity contribution < 1.29 is 22.8 Å². The molecule has 0 radical (unpaired) electrons. The molecule has 0 saturated heterocycles. The molecule has 5 nitrogen and oxygen atoms in total. The predicted molar refractivity (Wildman–Crippen MR) is 139 cm³/mol. The molecule has 0 aliphatic heterocycles. The molecule has 1 aliphatic rings. The van der Waals surface area contributed by atoms with Gasteiger partial charge in [0, 0.05) is 41.8 Å². The first-order chi connectivity index (χ1) is 18.3. The van der Waals surface area contributed by atoms with Crippen molar-refractivity contribution in [2.24, 2.45) is 0 Å². The molecule has 8 heteroatoms. The first-order valence-corrected chi connectivity index (χ1v) is 12.6. The van der Waals surface area contributed by atoms with Crippen molar-refractivity contribution in [3.63, 3.8) is 0 Å². The molecule has 0 bridgehead atoms. The number of amides is 2. The molecule has 0 spiro atoms. The van der Waals surface area contributed by atoms with E-state index in [0.717, 1.165) is 47.0 Å². The topological polar surface area (TPSA) is 56.4 Å². The van der Waals surface area contributed by atoms with E-state index >= 15 is 0 Å². The van der Waals surface area contributed by atoms with Crippen molar-refractivity contribution in [1.82, 2.24) is 14.8 Å². The molecule has 1 aliphatic carbocycles. The van der Waals surface area contributed by atoms with E-state index in [4.69, 9.17) is 0 Å². The van der Waals surface area contributed by atoms with Crippen LogP contribution in [0.3, 0.4) is 0 Å². The number of H-pyrrole nitrogens is 1. The van der Waals surface area contributed by atoms with Crippen LogP contribution in [-0.4, -0.2) is 45.7 Å². The lowest BCUT2D eigenvalue weighted by Gasteiger charge is -2.28. The second-order valence-corrected chi connectivity index (χ2v) is 9.65. The third-order valence-electron chi connectivity index (χ3n) is 6.89. The average molecular weight is 520 g/mol. The number of hydrogen-bond donors (Lipinski definition) is 1. The zero-order chi connectivity index (χ0) is 26.7. The zero-order valence-electron chi connectivity index (χ0n) is 20.7. The first kappa shape index (κ1) is 25.6. The second kappa shape index (κ2) is 10.7. The molecular formula is C30H28F3N3O2. The number of hydrogen-bond acceptors (Lipinski definition) is 2. The van der Waals surface area contributed by atoms with Gasteiger partial charge in [0.1, 0.15) is 6.54 Å². The molecule has 0 unspecified atom stereocenters. The third-order valence-corrected chi connectivity index (χ3v) is 6.89. The minimum absolute atomic E-state index is 0.0621. The van der Waals surface area contributed by atoms with Crippen LogP contribution in [0.25, 0.3) is 10.9 Å². The Labute approximate surface area is 218 Å². The second-order valence-electron chi connectivity index (χ2n) is 9.65. The van der Waals surface area contributed by atoms with E-state index in [1.54, 1.807) is 4.90 Å². The van der Waals surface area contributed by atoms with Gasteiger partial charge in [-0.25, -0.2) is 0 Å². The highest BCUT2D eigenvalue weighted by atomic mass is 19.4. The van der Waals surface area contributed by atoms with Crippen molar-refractivity contribution in [3.05, 3.63) is 107 Å². The highest BCUT2D eigenvalue weighted by molar-refractivity contribution is 5.97. The molecule has 1 saturated carbocycles. The Morgan fingerprint density at radius 3 is 2.39 bits per heavy atom. The van der Waals surface area contributed by atoms with Crippen molar-refractivity contribution in [1.29, 1.82) is 0 Å². The summed E-state index contributed by atoms with van der Waals surface area (Å²) in [5, 5.41) is 1.10. The molecule has 38 heavy (non-hydrogen) atoms. The van der Waals surface area contributed by atoms with E-state index in [1.807, 2.05) is 60.8 Å². The van der Waals surface area contributed by atoms with Gasteiger partial charge in [-0.15, -0.1) is 0 Å². The van der Waals surface area contributed by atoms with Gasteiger partial charge in [-0.1, -0.05) is 54.6 Å². The van der Waals surface area contributed by atoms with Gasteiger partial charge in [-0.2, -0.15) is 13.2 Å². The van der Waals surface area contributed by atoms with Crippen LogP contribution in [-0.2, 0) is 23.9 Å². The Kier molecular flexibility index (Phi) is 7.22. The number of carbonyl (C=O) groups excluding carboxylic acids is 2. The fourth-order valence-corrected chi connectivity index (χ4v) is 4.68. The van der Waals surface area contributed by atoms with Gasteiger partial charge < -0.3 is 14.8 Å². The molecule has 5 rings (SSSR count). The lowest BCUT2D eigenvalue weighted by Crippen LogP contribution is -2.44. The van der Waals surface area contributed by atoms with Gasteiger partial charge in [0.15, 0.2) is 0 Å². The number of halogens is 3. The third kappa shape index (κ3) is 5.90. The van der Waals surface area contributed by atoms with E-state index in [1.165, 1.54) is 17.0 Å². The normalized spacial score (nSPS) is 13.4. The summed E-state index contributed by atoms with van der Waals surface area (Å²) < 4.78 is 39.7. The minimum Gasteiger partial charge on any atom is -0.361 e. The molecule has 3 aromatic carbocycles. The van der Waals surface area contributed by atoms with Crippen LogP contribution in [0.5, 0.6) is 0 Å². The first-order valence-electron chi connectivity index (χ1n) is 12.6.